The summed E-state index contributed by atoms with van der Waals surface area (Å²) in [6, 6.07) is 13.2. The minimum atomic E-state index is -0.131. The summed E-state index contributed by atoms with van der Waals surface area (Å²) in [6.45, 7) is 8.24. The second-order valence-corrected chi connectivity index (χ2v) is 7.27. The van der Waals surface area contributed by atoms with Crippen LogP contribution in [0.2, 0.25) is 0 Å². The first-order chi connectivity index (χ1) is 15.0. The Morgan fingerprint density at radius 2 is 1.55 bits per heavy atom. The molecule has 31 heavy (non-hydrogen) atoms. The lowest BCUT2D eigenvalue weighted by Gasteiger charge is -2.20. The number of phenolic OH excluding ortho intramolecular Hbond substituents is 2. The molecule has 4 heteroatoms. The third-order valence-electron chi connectivity index (χ3n) is 5.00. The molecular formula is C27H29NO3. The van der Waals surface area contributed by atoms with Gasteiger partial charge in [-0.2, -0.15) is 0 Å². The van der Waals surface area contributed by atoms with Crippen LogP contribution in [0, 0.1) is 0 Å². The third kappa shape index (κ3) is 6.16. The normalized spacial score (nSPS) is 15.3. The summed E-state index contributed by atoms with van der Waals surface area (Å²) < 4.78 is 5.83. The third-order valence-corrected chi connectivity index (χ3v) is 5.00. The summed E-state index contributed by atoms with van der Waals surface area (Å²) in [5, 5.41) is 19.0. The number of benzene rings is 2. The average Bonchev–Trinajstić information content (AvgIpc) is 2.76. The number of hydrogen-bond acceptors (Lipinski definition) is 4. The van der Waals surface area contributed by atoms with E-state index in [2.05, 4.69) is 43.0 Å². The lowest BCUT2D eigenvalue weighted by molar-refractivity contribution is 0.318. The van der Waals surface area contributed by atoms with Gasteiger partial charge in [-0.1, -0.05) is 42.5 Å². The van der Waals surface area contributed by atoms with Crippen LogP contribution in [0.1, 0.15) is 31.9 Å². The van der Waals surface area contributed by atoms with E-state index in [4.69, 9.17) is 4.74 Å². The van der Waals surface area contributed by atoms with Gasteiger partial charge < -0.3 is 19.8 Å². The van der Waals surface area contributed by atoms with E-state index in [0.29, 0.717) is 0 Å². The van der Waals surface area contributed by atoms with Crippen molar-refractivity contribution >= 4 is 17.8 Å². The molecule has 2 aromatic carbocycles. The Hall–Kier alpha value is -3.66. The van der Waals surface area contributed by atoms with Gasteiger partial charge in [-0.15, -0.1) is 0 Å². The van der Waals surface area contributed by atoms with E-state index in [9.17, 15) is 10.2 Å². The molecule has 4 nitrogen and oxygen atoms in total. The topological polar surface area (TPSA) is 52.9 Å². The monoisotopic (exact) mass is 415 g/mol. The highest BCUT2D eigenvalue weighted by Crippen LogP contribution is 2.26. The van der Waals surface area contributed by atoms with E-state index in [1.807, 2.05) is 49.5 Å². The van der Waals surface area contributed by atoms with Crippen molar-refractivity contribution in [1.82, 2.24) is 0 Å². The molecule has 2 aromatic rings. The molecule has 160 valence electrons. The largest absolute Gasteiger partial charge is 0.504 e. The summed E-state index contributed by atoms with van der Waals surface area (Å²) in [7, 11) is 0. The van der Waals surface area contributed by atoms with Crippen molar-refractivity contribution in [2.45, 2.75) is 20.8 Å². The van der Waals surface area contributed by atoms with Crippen LogP contribution in [-0.2, 0) is 4.74 Å². The number of ether oxygens (including phenoxy) is 1. The zero-order valence-corrected chi connectivity index (χ0v) is 18.2. The summed E-state index contributed by atoms with van der Waals surface area (Å²) in [6.07, 6.45) is 13.7. The number of nitrogens with zero attached hydrogens (tertiary/aromatic N) is 1. The van der Waals surface area contributed by atoms with Gasteiger partial charge in [0.05, 0.1) is 0 Å². The highest BCUT2D eigenvalue weighted by molar-refractivity contribution is 5.59. The molecule has 2 N–H and O–H groups in total. The quantitative estimate of drug-likeness (QED) is 0.513. The van der Waals surface area contributed by atoms with Gasteiger partial charge in [0, 0.05) is 18.8 Å². The van der Waals surface area contributed by atoms with Crippen molar-refractivity contribution in [1.29, 1.82) is 0 Å². The van der Waals surface area contributed by atoms with Crippen LogP contribution >= 0.6 is 0 Å². The Balaban J connectivity index is 1.71. The van der Waals surface area contributed by atoms with Crippen LogP contribution in [-0.4, -0.2) is 23.3 Å². The lowest BCUT2D eigenvalue weighted by Crippen LogP contribution is -2.21. The number of allylic oxidation sites excluding steroid dienone is 7. The molecule has 0 saturated heterocycles. The molecule has 3 rings (SSSR count). The second kappa shape index (κ2) is 10.4. The molecule has 1 aliphatic heterocycles. The van der Waals surface area contributed by atoms with Gasteiger partial charge in [0.15, 0.2) is 11.5 Å². The first kappa shape index (κ1) is 22.0. The summed E-state index contributed by atoms with van der Waals surface area (Å²) >= 11 is 0. The fourth-order valence-electron chi connectivity index (χ4n) is 3.34. The average molecular weight is 416 g/mol. The van der Waals surface area contributed by atoms with Crippen LogP contribution in [0.15, 0.2) is 89.9 Å². The highest BCUT2D eigenvalue weighted by Gasteiger charge is 2.05. The van der Waals surface area contributed by atoms with Gasteiger partial charge in [0.1, 0.15) is 11.5 Å². The van der Waals surface area contributed by atoms with Crippen molar-refractivity contribution in [3.63, 3.8) is 0 Å². The van der Waals surface area contributed by atoms with Gasteiger partial charge in [-0.25, -0.2) is 0 Å². The molecule has 0 bridgehead atoms. The Morgan fingerprint density at radius 1 is 0.839 bits per heavy atom. The molecule has 0 radical (unpaired) electrons. The smallest absolute Gasteiger partial charge is 0.157 e. The first-order valence-corrected chi connectivity index (χ1v) is 10.5. The highest BCUT2D eigenvalue weighted by atomic mass is 16.5. The van der Waals surface area contributed by atoms with E-state index >= 15 is 0 Å². The summed E-state index contributed by atoms with van der Waals surface area (Å²) in [5.41, 5.74) is 4.16. The summed E-state index contributed by atoms with van der Waals surface area (Å²) in [4.78, 5) is 2.32. The van der Waals surface area contributed by atoms with Crippen molar-refractivity contribution < 1.29 is 14.9 Å². The lowest BCUT2D eigenvalue weighted by atomic mass is 10.1. The van der Waals surface area contributed by atoms with Gasteiger partial charge >= 0.3 is 0 Å². The molecule has 0 spiro atoms. The van der Waals surface area contributed by atoms with Crippen LogP contribution < -0.4 is 4.90 Å². The van der Waals surface area contributed by atoms with Gasteiger partial charge in [0.25, 0.3) is 0 Å². The Kier molecular flexibility index (Phi) is 7.39. The first-order valence-electron chi connectivity index (χ1n) is 10.5. The Morgan fingerprint density at radius 3 is 2.23 bits per heavy atom. The van der Waals surface area contributed by atoms with Crippen LogP contribution in [0.25, 0.3) is 12.2 Å². The standard InChI is InChI=1S/C27H29NO3/c1-4-28(5-2)24-13-9-21(10-14-24)11-15-25-18-23(17-20(3)31-25)8-6-7-22-12-16-26(29)27(30)19-22/h6-19,29-30H,4-5H2,1-3H3. The molecular weight excluding hydrogens is 386 g/mol. The molecule has 0 amide bonds. The predicted octanol–water partition coefficient (Wildman–Crippen LogP) is 6.41. The predicted molar refractivity (Wildman–Crippen MR) is 129 cm³/mol. The fraction of sp³-hybridized carbons (Fsp3) is 0.185. The fourth-order valence-corrected chi connectivity index (χ4v) is 3.34. The van der Waals surface area contributed by atoms with Crippen LogP contribution in [0.4, 0.5) is 5.69 Å². The minimum absolute atomic E-state index is 0.124. The molecule has 0 atom stereocenters. The minimum Gasteiger partial charge on any atom is -0.504 e. The maximum absolute atomic E-state index is 9.59. The molecule has 0 unspecified atom stereocenters. The number of hydrogen-bond donors (Lipinski definition) is 2. The Bertz CT molecular complexity index is 1050. The van der Waals surface area contributed by atoms with E-state index < -0.39 is 0 Å². The van der Waals surface area contributed by atoms with Gasteiger partial charge in [0.2, 0.25) is 0 Å². The zero-order valence-electron chi connectivity index (χ0n) is 18.2. The summed E-state index contributed by atoms with van der Waals surface area (Å²) in [5.74, 6) is 1.34. The SMILES string of the molecule is CCN(CC)c1ccc(C=CC2=CC(=CC=Cc3ccc(O)c(O)c3)C=C(C)O2)cc1. The molecule has 1 heterocycles. The second-order valence-electron chi connectivity index (χ2n) is 7.27. The molecule has 0 aromatic heterocycles. The number of aromatic hydroxyl groups is 2. The van der Waals surface area contributed by atoms with Gasteiger partial charge in [-0.05, 0) is 80.0 Å². The van der Waals surface area contributed by atoms with E-state index in [1.54, 1.807) is 6.07 Å². The van der Waals surface area contributed by atoms with Gasteiger partial charge in [-0.3, -0.25) is 0 Å². The molecule has 1 aliphatic rings. The van der Waals surface area contributed by atoms with E-state index in [0.717, 1.165) is 41.3 Å². The van der Waals surface area contributed by atoms with Crippen LogP contribution in [0.5, 0.6) is 11.5 Å². The number of anilines is 1. The van der Waals surface area contributed by atoms with Crippen molar-refractivity contribution in [3.05, 3.63) is 101 Å². The van der Waals surface area contributed by atoms with Crippen LogP contribution in [0.3, 0.4) is 0 Å². The Labute approximate surface area is 184 Å². The zero-order chi connectivity index (χ0) is 22.2. The van der Waals surface area contributed by atoms with E-state index in [-0.39, 0.29) is 11.5 Å². The maximum Gasteiger partial charge on any atom is 0.157 e. The molecule has 0 saturated carbocycles. The maximum atomic E-state index is 9.59. The van der Waals surface area contributed by atoms with Crippen molar-refractivity contribution in [3.8, 4) is 11.5 Å². The number of phenols is 2. The molecule has 0 aliphatic carbocycles. The number of rotatable bonds is 7. The van der Waals surface area contributed by atoms with Crippen molar-refractivity contribution in [2.24, 2.45) is 0 Å². The van der Waals surface area contributed by atoms with E-state index in [1.165, 1.54) is 17.8 Å². The molecule has 0 fully saturated rings. The van der Waals surface area contributed by atoms with Crippen molar-refractivity contribution in [2.75, 3.05) is 18.0 Å².